The first-order chi connectivity index (χ1) is 22.8. The molecule has 5 atom stereocenters. The third-order valence-corrected chi connectivity index (χ3v) is 7.19. The van der Waals surface area contributed by atoms with E-state index < -0.39 is 78.2 Å². The highest BCUT2D eigenvalue weighted by molar-refractivity contribution is 5.99. The summed E-state index contributed by atoms with van der Waals surface area (Å²) in [5.41, 5.74) is 6.70. The number of nitrogens with two attached hydrogens (primary N) is 1. The molecule has 0 unspecified atom stereocenters. The Morgan fingerprint density at radius 1 is 0.625 bits per heavy atom. The molecule has 260 valence electrons. The molecule has 0 radical (unpaired) electrons. The molecule has 48 heavy (non-hydrogen) atoms. The molecule has 0 bridgehead atoms. The van der Waals surface area contributed by atoms with Gasteiger partial charge in [-0.2, -0.15) is 0 Å². The van der Waals surface area contributed by atoms with Crippen LogP contribution in [0.1, 0.15) is 56.0 Å². The van der Waals surface area contributed by atoms with Crippen molar-refractivity contribution in [2.24, 2.45) is 5.73 Å². The van der Waals surface area contributed by atoms with Crippen LogP contribution in [0, 0.1) is 0 Å². The van der Waals surface area contributed by atoms with Gasteiger partial charge in [-0.15, -0.1) is 0 Å². The molecule has 2 aromatic carbocycles. The molecule has 0 aromatic heterocycles. The van der Waals surface area contributed by atoms with Crippen LogP contribution in [0.25, 0.3) is 0 Å². The van der Waals surface area contributed by atoms with Crippen LogP contribution >= 0.6 is 0 Å². The maximum absolute atomic E-state index is 13.3. The van der Waals surface area contributed by atoms with E-state index in [1.54, 1.807) is 42.5 Å². The van der Waals surface area contributed by atoms with Crippen LogP contribution in [-0.4, -0.2) is 89.8 Å². The quantitative estimate of drug-likeness (QED) is 0.0888. The Kier molecular flexibility index (Phi) is 16.2. The Morgan fingerprint density at radius 3 is 1.69 bits per heavy atom. The molecule has 2 rings (SSSR count). The number of carbonyl (C=O) groups is 7. The summed E-state index contributed by atoms with van der Waals surface area (Å²) >= 11 is 0. The largest absolute Gasteiger partial charge is 0.480 e. The molecular weight excluding hydrogens is 622 g/mol. The number of rotatable bonds is 19. The van der Waals surface area contributed by atoms with E-state index in [1.165, 1.54) is 20.8 Å². The van der Waals surface area contributed by atoms with Crippen molar-refractivity contribution in [3.05, 3.63) is 71.8 Å². The lowest BCUT2D eigenvalue weighted by Gasteiger charge is -2.24. The van der Waals surface area contributed by atoms with E-state index in [0.29, 0.717) is 24.9 Å². The van der Waals surface area contributed by atoms with Gasteiger partial charge in [-0.1, -0.05) is 48.5 Å². The van der Waals surface area contributed by atoms with E-state index in [0.717, 1.165) is 5.56 Å². The number of nitrogens with one attached hydrogen (secondary N) is 6. The van der Waals surface area contributed by atoms with Crippen LogP contribution in [-0.2, 0) is 35.2 Å². The molecule has 0 aliphatic rings. The van der Waals surface area contributed by atoms with E-state index in [4.69, 9.17) is 10.8 Å². The van der Waals surface area contributed by atoms with Crippen molar-refractivity contribution >= 4 is 41.4 Å². The maximum atomic E-state index is 13.3. The summed E-state index contributed by atoms with van der Waals surface area (Å²) in [5.74, 6) is -5.11. The number of carbonyl (C=O) groups excluding carboxylic acids is 6. The summed E-state index contributed by atoms with van der Waals surface area (Å²) in [6, 6.07) is 12.0. The Bertz CT molecular complexity index is 1410. The molecule has 6 amide bonds. The van der Waals surface area contributed by atoms with Crippen LogP contribution in [0.5, 0.6) is 0 Å². The molecule has 0 heterocycles. The molecule has 0 aliphatic heterocycles. The lowest BCUT2D eigenvalue weighted by atomic mass is 10.0. The van der Waals surface area contributed by atoms with Gasteiger partial charge in [0, 0.05) is 12.0 Å². The van der Waals surface area contributed by atoms with Crippen LogP contribution in [0.4, 0.5) is 0 Å². The van der Waals surface area contributed by atoms with Crippen molar-refractivity contribution in [3.63, 3.8) is 0 Å². The Balaban J connectivity index is 2.03. The third kappa shape index (κ3) is 13.6. The summed E-state index contributed by atoms with van der Waals surface area (Å²) in [7, 11) is 0. The zero-order valence-electron chi connectivity index (χ0n) is 27.3. The summed E-state index contributed by atoms with van der Waals surface area (Å²) < 4.78 is 0. The fourth-order valence-electron chi connectivity index (χ4n) is 4.43. The van der Waals surface area contributed by atoms with Gasteiger partial charge in [0.15, 0.2) is 0 Å². The predicted molar refractivity (Wildman–Crippen MR) is 176 cm³/mol. The average Bonchev–Trinajstić information content (AvgIpc) is 3.06. The van der Waals surface area contributed by atoms with Crippen molar-refractivity contribution < 1.29 is 38.7 Å². The van der Waals surface area contributed by atoms with Crippen molar-refractivity contribution in [3.8, 4) is 0 Å². The summed E-state index contributed by atoms with van der Waals surface area (Å²) in [6.07, 6.45) is 1.38. The van der Waals surface area contributed by atoms with Crippen LogP contribution < -0.4 is 37.6 Å². The lowest BCUT2D eigenvalue weighted by Crippen LogP contribution is -2.58. The summed E-state index contributed by atoms with van der Waals surface area (Å²) in [4.78, 5) is 88.0. The highest BCUT2D eigenvalue weighted by Crippen LogP contribution is 2.07. The van der Waals surface area contributed by atoms with Gasteiger partial charge in [-0.3, -0.25) is 33.6 Å². The minimum absolute atomic E-state index is 0.159. The monoisotopic (exact) mass is 667 g/mol. The van der Waals surface area contributed by atoms with Crippen molar-refractivity contribution in [2.75, 3.05) is 13.1 Å². The highest BCUT2D eigenvalue weighted by Gasteiger charge is 2.29. The van der Waals surface area contributed by atoms with Crippen molar-refractivity contribution in [2.45, 2.75) is 76.7 Å². The number of aliphatic carboxylic acids is 1. The molecule has 9 N–H and O–H groups in total. The maximum Gasteiger partial charge on any atom is 0.322 e. The smallest absolute Gasteiger partial charge is 0.322 e. The van der Waals surface area contributed by atoms with Gasteiger partial charge in [0.25, 0.3) is 5.91 Å². The van der Waals surface area contributed by atoms with Gasteiger partial charge < -0.3 is 42.7 Å². The average molecular weight is 668 g/mol. The Labute approximate surface area is 279 Å². The van der Waals surface area contributed by atoms with E-state index in [9.17, 15) is 33.6 Å². The summed E-state index contributed by atoms with van der Waals surface area (Å²) in [5, 5.41) is 23.8. The number of carboxylic acid groups (broad SMARTS) is 1. The van der Waals surface area contributed by atoms with Gasteiger partial charge in [0.1, 0.15) is 36.8 Å². The molecule has 0 saturated carbocycles. The second kappa shape index (κ2) is 20.0. The van der Waals surface area contributed by atoms with Crippen molar-refractivity contribution in [1.82, 2.24) is 31.9 Å². The Morgan fingerprint density at radius 2 is 1.12 bits per heavy atom. The second-order valence-corrected chi connectivity index (χ2v) is 11.2. The van der Waals surface area contributed by atoms with Gasteiger partial charge in [0.05, 0.1) is 0 Å². The highest BCUT2D eigenvalue weighted by atomic mass is 16.4. The molecule has 15 heteroatoms. The first-order valence-corrected chi connectivity index (χ1v) is 15.6. The van der Waals surface area contributed by atoms with Crippen LogP contribution in [0.3, 0.4) is 0 Å². The van der Waals surface area contributed by atoms with Gasteiger partial charge in [0.2, 0.25) is 29.5 Å². The molecule has 0 fully saturated rings. The molecule has 15 nitrogen and oxygen atoms in total. The number of hydrogen-bond acceptors (Lipinski definition) is 8. The number of hydrogen-bond donors (Lipinski definition) is 8. The van der Waals surface area contributed by atoms with Gasteiger partial charge in [-0.25, -0.2) is 0 Å². The number of amides is 6. The fourth-order valence-corrected chi connectivity index (χ4v) is 4.43. The molecular formula is C33H45N7O8. The van der Waals surface area contributed by atoms with Gasteiger partial charge in [-0.05, 0) is 64.3 Å². The van der Waals surface area contributed by atoms with E-state index in [-0.39, 0.29) is 12.8 Å². The van der Waals surface area contributed by atoms with E-state index in [2.05, 4.69) is 31.9 Å². The number of unbranched alkanes of at least 4 members (excludes halogenated alkanes) is 1. The van der Waals surface area contributed by atoms with Gasteiger partial charge >= 0.3 is 5.97 Å². The third-order valence-electron chi connectivity index (χ3n) is 7.19. The molecule has 0 saturated heterocycles. The molecule has 0 spiro atoms. The number of carboxylic acids is 1. The van der Waals surface area contributed by atoms with E-state index in [1.807, 2.05) is 18.2 Å². The Hall–Kier alpha value is -5.31. The first-order valence-electron chi connectivity index (χ1n) is 15.6. The zero-order chi connectivity index (χ0) is 35.6. The van der Waals surface area contributed by atoms with Crippen LogP contribution in [0.2, 0.25) is 0 Å². The first kappa shape index (κ1) is 38.9. The fraction of sp³-hybridized carbons (Fsp3) is 0.424. The number of benzene rings is 2. The lowest BCUT2D eigenvalue weighted by molar-refractivity contribution is -0.138. The SMILES string of the molecule is C[C@H](NC(=O)[C@H](C)NC(=O)[C@H](Cc1ccccc1)NC(=O)c1ccccc1)C(=O)N[C@@H](CCCCN)C(=O)N[C@@H](C)C(=O)NCC(=O)O. The minimum Gasteiger partial charge on any atom is -0.480 e. The minimum atomic E-state index is -1.25. The standard InChI is InChI=1S/C33H45N7O8/c1-20(28(43)35-19-27(41)42)37-32(47)25(16-10-11-17-34)39-30(45)22(3)36-29(44)21(2)38-33(48)26(18-23-12-6-4-7-13-23)40-31(46)24-14-8-5-9-15-24/h4-9,12-15,20-22,25-26H,10-11,16-19,34H2,1-3H3,(H,35,43)(H,36,44)(H,37,47)(H,38,48)(H,39,45)(H,40,46)(H,41,42)/t20-,21-,22-,25-,26-/m0/s1. The molecule has 0 aliphatic carbocycles. The summed E-state index contributed by atoms with van der Waals surface area (Å²) in [6.45, 7) is 3.92. The second-order valence-electron chi connectivity index (χ2n) is 11.2. The predicted octanol–water partition coefficient (Wildman–Crippen LogP) is -0.644. The van der Waals surface area contributed by atoms with Crippen LogP contribution in [0.15, 0.2) is 60.7 Å². The normalized spacial score (nSPS) is 13.8. The van der Waals surface area contributed by atoms with E-state index >= 15 is 0 Å². The zero-order valence-corrected chi connectivity index (χ0v) is 27.3. The van der Waals surface area contributed by atoms with Crippen molar-refractivity contribution in [1.29, 1.82) is 0 Å². The topological polar surface area (TPSA) is 238 Å². The molecule has 2 aromatic rings.